The molecule has 0 saturated carbocycles. The molecular weight excluding hydrogens is 361 g/mol. The van der Waals surface area contributed by atoms with E-state index in [2.05, 4.69) is 10.9 Å². The van der Waals surface area contributed by atoms with Crippen LogP contribution >= 0.6 is 0 Å². The van der Waals surface area contributed by atoms with Gasteiger partial charge in [-0.15, -0.1) is 0 Å². The maximum Gasteiger partial charge on any atom is 0.280 e. The van der Waals surface area contributed by atoms with Crippen LogP contribution in [0.2, 0.25) is 0 Å². The fraction of sp³-hybridized carbons (Fsp3) is 0. The molecule has 0 atom stereocenters. The van der Waals surface area contributed by atoms with Gasteiger partial charge in [0.2, 0.25) is 0 Å². The number of furan rings is 1. The molecule has 7 heteroatoms. The number of nitrogens with zero attached hydrogens (tertiary/aromatic N) is 1. The molecule has 3 rings (SSSR count). The van der Waals surface area contributed by atoms with E-state index >= 15 is 0 Å². The topological polar surface area (TPSA) is 95.1 Å². The average molecular weight is 375 g/mol. The molecular formula is C21H14FN3O3. The first-order valence-corrected chi connectivity index (χ1v) is 8.20. The largest absolute Gasteiger partial charge is 0.457 e. The van der Waals surface area contributed by atoms with Gasteiger partial charge >= 0.3 is 0 Å². The summed E-state index contributed by atoms with van der Waals surface area (Å²) in [5.41, 5.74) is 5.18. The van der Waals surface area contributed by atoms with Crippen molar-refractivity contribution >= 4 is 17.9 Å². The quantitative estimate of drug-likeness (QED) is 0.415. The van der Waals surface area contributed by atoms with E-state index in [1.54, 1.807) is 60.7 Å². The zero-order valence-corrected chi connectivity index (χ0v) is 14.5. The van der Waals surface area contributed by atoms with Crippen LogP contribution in [-0.4, -0.2) is 11.8 Å². The summed E-state index contributed by atoms with van der Waals surface area (Å²) < 4.78 is 18.6. The molecule has 0 aliphatic carbocycles. The molecule has 2 N–H and O–H groups in total. The summed E-state index contributed by atoms with van der Waals surface area (Å²) in [5.74, 6) is -0.937. The summed E-state index contributed by atoms with van der Waals surface area (Å²) in [6.07, 6.45) is 1.25. The van der Waals surface area contributed by atoms with Crippen molar-refractivity contribution in [2.45, 2.75) is 0 Å². The van der Waals surface area contributed by atoms with Gasteiger partial charge in [0.15, 0.2) is 0 Å². The Kier molecular flexibility index (Phi) is 5.63. The molecule has 138 valence electrons. The van der Waals surface area contributed by atoms with E-state index in [1.807, 2.05) is 0 Å². The first-order valence-electron chi connectivity index (χ1n) is 8.20. The van der Waals surface area contributed by atoms with Crippen LogP contribution in [0.3, 0.4) is 0 Å². The smallest absolute Gasteiger partial charge is 0.280 e. The number of benzene rings is 2. The van der Waals surface area contributed by atoms with E-state index in [1.165, 1.54) is 18.2 Å². The summed E-state index contributed by atoms with van der Waals surface area (Å²) in [7, 11) is 0. The standard InChI is InChI=1S/C21H14FN3O3/c22-17-8-6-14(7-9-17)19-11-10-18(28-19)12-16(13-23)21(27)25-24-20(26)15-4-2-1-3-5-15/h1-12H,(H,24,26)(H,25,27)/b16-12+. The third-order valence-electron chi connectivity index (χ3n) is 3.73. The molecule has 3 aromatic rings. The van der Waals surface area contributed by atoms with Crippen molar-refractivity contribution in [1.29, 1.82) is 5.26 Å². The number of nitriles is 1. The molecule has 2 amide bonds. The molecule has 0 unspecified atom stereocenters. The van der Waals surface area contributed by atoms with Crippen molar-refractivity contribution in [1.82, 2.24) is 10.9 Å². The van der Waals surface area contributed by atoms with Crippen LogP contribution in [0.4, 0.5) is 4.39 Å². The lowest BCUT2D eigenvalue weighted by Gasteiger charge is -2.06. The van der Waals surface area contributed by atoms with Crippen molar-refractivity contribution in [3.63, 3.8) is 0 Å². The third kappa shape index (κ3) is 4.51. The summed E-state index contributed by atoms with van der Waals surface area (Å²) in [6, 6.07) is 19.0. The Balaban J connectivity index is 1.68. The van der Waals surface area contributed by atoms with Crippen LogP contribution in [0.5, 0.6) is 0 Å². The number of hydrogen-bond donors (Lipinski definition) is 2. The summed E-state index contributed by atoms with van der Waals surface area (Å²) in [5, 5.41) is 9.22. The number of amides is 2. The molecule has 1 heterocycles. The summed E-state index contributed by atoms with van der Waals surface area (Å²) in [4.78, 5) is 24.1. The Morgan fingerprint density at radius 1 is 0.964 bits per heavy atom. The zero-order chi connectivity index (χ0) is 19.9. The van der Waals surface area contributed by atoms with Crippen molar-refractivity contribution in [2.75, 3.05) is 0 Å². The predicted octanol–water partition coefficient (Wildman–Crippen LogP) is 3.45. The van der Waals surface area contributed by atoms with Gasteiger partial charge in [-0.2, -0.15) is 5.26 Å². The minimum absolute atomic E-state index is 0.256. The molecule has 0 fully saturated rings. The highest BCUT2D eigenvalue weighted by Gasteiger charge is 2.13. The first kappa shape index (κ1) is 18.6. The van der Waals surface area contributed by atoms with Gasteiger partial charge in [0, 0.05) is 17.2 Å². The van der Waals surface area contributed by atoms with E-state index < -0.39 is 11.8 Å². The van der Waals surface area contributed by atoms with Crippen LogP contribution < -0.4 is 10.9 Å². The molecule has 0 bridgehead atoms. The molecule has 28 heavy (non-hydrogen) atoms. The minimum atomic E-state index is -0.786. The highest BCUT2D eigenvalue weighted by atomic mass is 19.1. The van der Waals surface area contributed by atoms with Gasteiger partial charge in [-0.05, 0) is 48.5 Å². The number of carbonyl (C=O) groups excluding carboxylic acids is 2. The Hall–Kier alpha value is -4.18. The van der Waals surface area contributed by atoms with Crippen molar-refractivity contribution < 1.29 is 18.4 Å². The number of carbonyl (C=O) groups is 2. The van der Waals surface area contributed by atoms with E-state index in [-0.39, 0.29) is 17.2 Å². The van der Waals surface area contributed by atoms with E-state index in [0.29, 0.717) is 16.9 Å². The molecule has 0 aliphatic heterocycles. The van der Waals surface area contributed by atoms with Crippen LogP contribution in [0.25, 0.3) is 17.4 Å². The summed E-state index contributed by atoms with van der Waals surface area (Å²) in [6.45, 7) is 0. The molecule has 1 aromatic heterocycles. The second kappa shape index (κ2) is 8.47. The Bertz CT molecular complexity index is 1060. The van der Waals surface area contributed by atoms with Crippen molar-refractivity contribution in [3.8, 4) is 17.4 Å². The number of hydrogen-bond acceptors (Lipinski definition) is 4. The van der Waals surface area contributed by atoms with E-state index in [0.717, 1.165) is 0 Å². The number of halogens is 1. The number of nitrogens with one attached hydrogen (secondary N) is 2. The highest BCUT2D eigenvalue weighted by Crippen LogP contribution is 2.23. The van der Waals surface area contributed by atoms with Crippen molar-refractivity contribution in [2.24, 2.45) is 0 Å². The second-order valence-electron chi connectivity index (χ2n) is 5.65. The fourth-order valence-corrected chi connectivity index (χ4v) is 2.33. The predicted molar refractivity (Wildman–Crippen MR) is 99.7 cm³/mol. The van der Waals surface area contributed by atoms with Crippen LogP contribution in [0.15, 0.2) is 76.7 Å². The van der Waals surface area contributed by atoms with Gasteiger partial charge in [-0.25, -0.2) is 4.39 Å². The fourth-order valence-electron chi connectivity index (χ4n) is 2.33. The highest BCUT2D eigenvalue weighted by molar-refractivity contribution is 6.03. The molecule has 0 radical (unpaired) electrons. The van der Waals surface area contributed by atoms with Gasteiger partial charge in [0.05, 0.1) is 0 Å². The first-order chi connectivity index (χ1) is 13.6. The lowest BCUT2D eigenvalue weighted by molar-refractivity contribution is -0.117. The Morgan fingerprint density at radius 2 is 1.68 bits per heavy atom. The van der Waals surface area contributed by atoms with Gasteiger partial charge in [-0.1, -0.05) is 18.2 Å². The molecule has 0 aliphatic rings. The average Bonchev–Trinajstić information content (AvgIpc) is 3.19. The number of hydrazine groups is 1. The zero-order valence-electron chi connectivity index (χ0n) is 14.5. The third-order valence-corrected chi connectivity index (χ3v) is 3.73. The normalized spacial score (nSPS) is 10.8. The Labute approximate surface area is 159 Å². The molecule has 2 aromatic carbocycles. The maximum atomic E-state index is 13.0. The molecule has 0 saturated heterocycles. The molecule has 6 nitrogen and oxygen atoms in total. The van der Waals surface area contributed by atoms with E-state index in [9.17, 15) is 19.2 Å². The SMILES string of the molecule is N#C/C(=C\c1ccc(-c2ccc(F)cc2)o1)C(=O)NNC(=O)c1ccccc1. The Morgan fingerprint density at radius 3 is 2.36 bits per heavy atom. The monoisotopic (exact) mass is 375 g/mol. The maximum absolute atomic E-state index is 13.0. The van der Waals surface area contributed by atoms with Gasteiger partial charge in [-0.3, -0.25) is 20.4 Å². The van der Waals surface area contributed by atoms with Crippen LogP contribution in [0.1, 0.15) is 16.1 Å². The minimum Gasteiger partial charge on any atom is -0.457 e. The van der Waals surface area contributed by atoms with Gasteiger partial charge < -0.3 is 4.42 Å². The van der Waals surface area contributed by atoms with Crippen molar-refractivity contribution in [3.05, 3.63) is 89.4 Å². The van der Waals surface area contributed by atoms with Crippen LogP contribution in [0, 0.1) is 17.1 Å². The van der Waals surface area contributed by atoms with E-state index in [4.69, 9.17) is 4.42 Å². The second-order valence-corrected chi connectivity index (χ2v) is 5.65. The van der Waals surface area contributed by atoms with Gasteiger partial charge in [0.1, 0.15) is 29.0 Å². The lowest BCUT2D eigenvalue weighted by atomic mass is 10.2. The molecule has 0 spiro atoms. The van der Waals surface area contributed by atoms with Gasteiger partial charge in [0.25, 0.3) is 11.8 Å². The lowest BCUT2D eigenvalue weighted by Crippen LogP contribution is -2.42. The van der Waals surface area contributed by atoms with Crippen LogP contribution in [-0.2, 0) is 4.79 Å². The summed E-state index contributed by atoms with van der Waals surface area (Å²) >= 11 is 0. The number of rotatable bonds is 4.